The first-order chi connectivity index (χ1) is 14.9. The molecule has 0 aliphatic carbocycles. The first-order valence-corrected chi connectivity index (χ1v) is 10.7. The van der Waals surface area contributed by atoms with E-state index in [-0.39, 0.29) is 29.2 Å². The third kappa shape index (κ3) is 4.65. The van der Waals surface area contributed by atoms with Crippen LogP contribution in [0.25, 0.3) is 0 Å². The molecular formula is C24H26FN3O3. The minimum absolute atomic E-state index is 0.0205. The number of carbonyl (C=O) groups excluding carboxylic acids is 3. The fraction of sp³-hybridized carbons (Fsp3) is 0.417. The van der Waals surface area contributed by atoms with E-state index in [0.29, 0.717) is 68.6 Å². The number of aryl methyl sites for hydroxylation is 1. The first kappa shape index (κ1) is 21.2. The fourth-order valence-corrected chi connectivity index (χ4v) is 4.34. The SMILES string of the molecule is Cn1ccc2c1N=C(CCCC(=O)N1CCC(C(=O)c3ccc(F)cc3)CC1)CC2=O. The number of nitrogens with zero attached hydrogens (tertiary/aromatic N) is 3. The van der Waals surface area contributed by atoms with Gasteiger partial charge >= 0.3 is 0 Å². The van der Waals surface area contributed by atoms with Crippen LogP contribution in [0, 0.1) is 11.7 Å². The van der Waals surface area contributed by atoms with E-state index in [9.17, 15) is 18.8 Å². The minimum atomic E-state index is -0.357. The Labute approximate surface area is 180 Å². The van der Waals surface area contributed by atoms with Crippen LogP contribution in [0.3, 0.4) is 0 Å². The lowest BCUT2D eigenvalue weighted by Gasteiger charge is -2.31. The van der Waals surface area contributed by atoms with Gasteiger partial charge in [0.2, 0.25) is 5.91 Å². The van der Waals surface area contributed by atoms with E-state index in [1.54, 1.807) is 6.07 Å². The van der Waals surface area contributed by atoms with Crippen LogP contribution in [0.1, 0.15) is 59.2 Å². The highest BCUT2D eigenvalue weighted by atomic mass is 19.1. The summed E-state index contributed by atoms with van der Waals surface area (Å²) < 4.78 is 14.9. The van der Waals surface area contributed by atoms with Gasteiger partial charge in [-0.3, -0.25) is 14.4 Å². The molecule has 0 spiro atoms. The quantitative estimate of drug-likeness (QED) is 0.657. The number of amides is 1. The summed E-state index contributed by atoms with van der Waals surface area (Å²) in [6, 6.07) is 7.44. The van der Waals surface area contributed by atoms with Crippen molar-refractivity contribution in [3.05, 3.63) is 53.5 Å². The van der Waals surface area contributed by atoms with E-state index in [4.69, 9.17) is 0 Å². The van der Waals surface area contributed by atoms with Crippen LogP contribution >= 0.6 is 0 Å². The molecule has 0 radical (unpaired) electrons. The van der Waals surface area contributed by atoms with Gasteiger partial charge in [0.05, 0.1) is 5.56 Å². The maximum atomic E-state index is 13.1. The zero-order valence-electron chi connectivity index (χ0n) is 17.6. The first-order valence-electron chi connectivity index (χ1n) is 10.7. The van der Waals surface area contributed by atoms with Gasteiger partial charge in [-0.05, 0) is 56.0 Å². The Hall–Kier alpha value is -3.09. The number of ketones is 2. The standard InChI is InChI=1S/C24H26FN3O3/c1-27-12-11-20-21(29)15-19(26-24(20)27)3-2-4-22(30)28-13-9-17(10-14-28)23(31)16-5-7-18(25)8-6-16/h5-8,11-12,17H,2-4,9-10,13-15H2,1H3. The number of Topliss-reactive ketones (excluding diaryl/α,β-unsaturated/α-hetero) is 2. The van der Waals surface area contributed by atoms with Crippen molar-refractivity contribution in [1.29, 1.82) is 0 Å². The lowest BCUT2D eigenvalue weighted by atomic mass is 9.88. The number of benzene rings is 1. The topological polar surface area (TPSA) is 71.7 Å². The van der Waals surface area contributed by atoms with E-state index < -0.39 is 0 Å². The lowest BCUT2D eigenvalue weighted by molar-refractivity contribution is -0.132. The zero-order chi connectivity index (χ0) is 22.0. The van der Waals surface area contributed by atoms with Crippen LogP contribution in [-0.2, 0) is 11.8 Å². The number of carbonyl (C=O) groups is 3. The normalized spacial score (nSPS) is 16.8. The molecule has 1 aromatic heterocycles. The molecule has 7 heteroatoms. The van der Waals surface area contributed by atoms with Gasteiger partial charge in [0.1, 0.15) is 11.6 Å². The maximum absolute atomic E-state index is 13.1. The molecule has 3 heterocycles. The summed E-state index contributed by atoms with van der Waals surface area (Å²) in [5.41, 5.74) is 2.02. The predicted molar refractivity (Wildman–Crippen MR) is 115 cm³/mol. The molecule has 0 saturated carbocycles. The van der Waals surface area contributed by atoms with Gasteiger partial charge in [-0.2, -0.15) is 0 Å². The molecular weight excluding hydrogens is 397 g/mol. The average Bonchev–Trinajstić information content (AvgIpc) is 3.15. The summed E-state index contributed by atoms with van der Waals surface area (Å²) in [4.78, 5) is 43.8. The van der Waals surface area contributed by atoms with Gasteiger partial charge in [-0.15, -0.1) is 0 Å². The second-order valence-electron chi connectivity index (χ2n) is 8.32. The molecule has 1 aromatic carbocycles. The molecule has 1 fully saturated rings. The van der Waals surface area contributed by atoms with Crippen molar-refractivity contribution in [3.63, 3.8) is 0 Å². The van der Waals surface area contributed by atoms with Crippen molar-refractivity contribution in [1.82, 2.24) is 9.47 Å². The van der Waals surface area contributed by atoms with Crippen LogP contribution < -0.4 is 0 Å². The van der Waals surface area contributed by atoms with Crippen LogP contribution in [0.15, 0.2) is 41.5 Å². The van der Waals surface area contributed by atoms with Crippen LogP contribution in [-0.4, -0.2) is 45.7 Å². The third-order valence-corrected chi connectivity index (χ3v) is 6.17. The number of halogens is 1. The minimum Gasteiger partial charge on any atom is -0.343 e. The molecule has 0 unspecified atom stereocenters. The highest BCUT2D eigenvalue weighted by Gasteiger charge is 2.28. The number of fused-ring (bicyclic) bond motifs is 1. The largest absolute Gasteiger partial charge is 0.343 e. The Balaban J connectivity index is 1.24. The number of aromatic nitrogens is 1. The van der Waals surface area contributed by atoms with Crippen molar-refractivity contribution < 1.29 is 18.8 Å². The fourth-order valence-electron chi connectivity index (χ4n) is 4.34. The smallest absolute Gasteiger partial charge is 0.222 e. The lowest BCUT2D eigenvalue weighted by Crippen LogP contribution is -2.40. The molecule has 4 rings (SSSR count). The van der Waals surface area contributed by atoms with Gasteiger partial charge < -0.3 is 9.47 Å². The van der Waals surface area contributed by atoms with Crippen molar-refractivity contribution in [2.75, 3.05) is 13.1 Å². The highest BCUT2D eigenvalue weighted by Crippen LogP contribution is 2.28. The van der Waals surface area contributed by atoms with Crippen molar-refractivity contribution >= 4 is 29.0 Å². The summed E-state index contributed by atoms with van der Waals surface area (Å²) >= 11 is 0. The molecule has 31 heavy (non-hydrogen) atoms. The molecule has 2 aliphatic rings. The maximum Gasteiger partial charge on any atom is 0.222 e. The highest BCUT2D eigenvalue weighted by molar-refractivity contribution is 6.15. The molecule has 0 bridgehead atoms. The van der Waals surface area contributed by atoms with E-state index in [1.807, 2.05) is 22.7 Å². The van der Waals surface area contributed by atoms with Crippen molar-refractivity contribution in [2.24, 2.45) is 18.0 Å². The second-order valence-corrected chi connectivity index (χ2v) is 8.32. The number of likely N-dealkylation sites (tertiary alicyclic amines) is 1. The van der Waals surface area contributed by atoms with Crippen LogP contribution in [0.5, 0.6) is 0 Å². The second kappa shape index (κ2) is 8.96. The molecule has 0 atom stereocenters. The number of hydrogen-bond acceptors (Lipinski definition) is 4. The van der Waals surface area contributed by atoms with Gasteiger partial charge in [-0.25, -0.2) is 9.38 Å². The predicted octanol–water partition coefficient (Wildman–Crippen LogP) is 4.11. The van der Waals surface area contributed by atoms with Crippen LogP contribution in [0.4, 0.5) is 10.2 Å². The van der Waals surface area contributed by atoms with Gasteiger partial charge in [-0.1, -0.05) is 0 Å². The number of hydrogen-bond donors (Lipinski definition) is 0. The van der Waals surface area contributed by atoms with E-state index in [1.165, 1.54) is 24.3 Å². The molecule has 6 nitrogen and oxygen atoms in total. The summed E-state index contributed by atoms with van der Waals surface area (Å²) in [7, 11) is 1.87. The van der Waals surface area contributed by atoms with E-state index in [2.05, 4.69) is 4.99 Å². The van der Waals surface area contributed by atoms with Gasteiger partial charge in [0.15, 0.2) is 11.6 Å². The molecule has 1 amide bonds. The Morgan fingerprint density at radius 3 is 2.55 bits per heavy atom. The van der Waals surface area contributed by atoms with Crippen molar-refractivity contribution in [3.8, 4) is 0 Å². The van der Waals surface area contributed by atoms with Gasteiger partial charge in [0, 0.05) is 56.4 Å². The van der Waals surface area contributed by atoms with E-state index in [0.717, 1.165) is 5.71 Å². The van der Waals surface area contributed by atoms with E-state index >= 15 is 0 Å². The molecule has 2 aliphatic heterocycles. The number of rotatable bonds is 6. The Bertz CT molecular complexity index is 1030. The van der Waals surface area contributed by atoms with Gasteiger partial charge in [0.25, 0.3) is 0 Å². The zero-order valence-corrected chi connectivity index (χ0v) is 17.6. The Morgan fingerprint density at radius 1 is 1.13 bits per heavy atom. The summed E-state index contributed by atoms with van der Waals surface area (Å²) in [5.74, 6) is 0.397. The molecule has 1 saturated heterocycles. The summed E-state index contributed by atoms with van der Waals surface area (Å²) in [6.07, 6.45) is 5.09. The Kier molecular flexibility index (Phi) is 6.11. The molecule has 0 N–H and O–H groups in total. The van der Waals surface area contributed by atoms with Crippen LogP contribution in [0.2, 0.25) is 0 Å². The average molecular weight is 423 g/mol. The number of piperidine rings is 1. The summed E-state index contributed by atoms with van der Waals surface area (Å²) in [6.45, 7) is 1.12. The molecule has 162 valence electrons. The number of aliphatic imine (C=N–C) groups is 1. The Morgan fingerprint density at radius 2 is 1.84 bits per heavy atom. The molecule has 2 aromatic rings. The monoisotopic (exact) mass is 423 g/mol. The third-order valence-electron chi connectivity index (χ3n) is 6.17. The summed E-state index contributed by atoms with van der Waals surface area (Å²) in [5, 5.41) is 0. The van der Waals surface area contributed by atoms with Crippen molar-refractivity contribution in [2.45, 2.75) is 38.5 Å².